The predicted molar refractivity (Wildman–Crippen MR) is 139 cm³/mol. The van der Waals surface area contributed by atoms with Gasteiger partial charge in [0.25, 0.3) is 0 Å². The molecule has 2 heterocycles. The summed E-state index contributed by atoms with van der Waals surface area (Å²) in [6.45, 7) is 1.53. The number of aliphatic hydroxyl groups excluding tert-OH is 1. The van der Waals surface area contributed by atoms with Gasteiger partial charge in [-0.05, 0) is 35.9 Å². The summed E-state index contributed by atoms with van der Waals surface area (Å²) in [5, 5.41) is 13.9. The zero-order valence-corrected chi connectivity index (χ0v) is 20.8. The molecule has 0 aromatic heterocycles. The van der Waals surface area contributed by atoms with Crippen LogP contribution in [0.4, 0.5) is 0 Å². The van der Waals surface area contributed by atoms with Crippen molar-refractivity contribution in [3.8, 4) is 5.75 Å². The number of aliphatic hydroxyl groups is 1. The minimum Gasteiger partial charge on any atom is -0.463 e. The van der Waals surface area contributed by atoms with Crippen LogP contribution in [-0.4, -0.2) is 54.0 Å². The first-order valence-electron chi connectivity index (χ1n) is 12.4. The van der Waals surface area contributed by atoms with E-state index in [1.54, 1.807) is 30.3 Å². The van der Waals surface area contributed by atoms with E-state index in [2.05, 4.69) is 5.32 Å². The smallest absolute Gasteiger partial charge is 0.223 e. The van der Waals surface area contributed by atoms with Gasteiger partial charge in [0, 0.05) is 18.1 Å². The Morgan fingerprint density at radius 3 is 2.32 bits per heavy atom. The molecule has 6 atom stereocenters. The molecule has 2 aliphatic rings. The molecule has 2 saturated heterocycles. The SMILES string of the molecule is CC(=O)N[C@@H]1[C@H](Oc2ccc(C(=O)/C=C/c3ccccc3)cc2)O[C@@H]2CO[C@H](c3ccccc3)O[C@H]2[C@@H]1O. The Kier molecular flexibility index (Phi) is 7.95. The standard InChI is InChI=1S/C30H29NO7/c1-19(32)31-26-27(34)28-25(18-35-29(38-28)22-10-6-3-7-11-22)37-30(26)36-23-15-13-21(14-16-23)24(33)17-12-20-8-4-2-5-9-20/h2-17,25-30,34H,18H2,1H3,(H,31,32)/b17-12+/t25-,26+,27-,28-,29+,30-/m1/s1. The summed E-state index contributed by atoms with van der Waals surface area (Å²) < 4.78 is 24.0. The highest BCUT2D eigenvalue weighted by molar-refractivity contribution is 6.06. The lowest BCUT2D eigenvalue weighted by Crippen LogP contribution is -2.67. The molecule has 0 radical (unpaired) electrons. The largest absolute Gasteiger partial charge is 0.463 e. The van der Waals surface area contributed by atoms with Crippen molar-refractivity contribution in [3.63, 3.8) is 0 Å². The molecular weight excluding hydrogens is 486 g/mol. The number of ketones is 1. The Morgan fingerprint density at radius 2 is 1.63 bits per heavy atom. The second-order valence-electron chi connectivity index (χ2n) is 9.19. The number of carbonyl (C=O) groups is 2. The molecule has 0 bridgehead atoms. The summed E-state index contributed by atoms with van der Waals surface area (Å²) in [4.78, 5) is 24.5. The molecule has 8 heteroatoms. The number of fused-ring (bicyclic) bond motifs is 1. The molecule has 196 valence electrons. The lowest BCUT2D eigenvalue weighted by Gasteiger charge is -2.47. The number of rotatable bonds is 7. The van der Waals surface area contributed by atoms with Crippen LogP contribution >= 0.6 is 0 Å². The Morgan fingerprint density at radius 1 is 0.947 bits per heavy atom. The Hall–Kier alpha value is -3.82. The molecule has 2 fully saturated rings. The van der Waals surface area contributed by atoms with Crippen molar-refractivity contribution in [3.05, 3.63) is 108 Å². The Bertz CT molecular complexity index is 1260. The maximum Gasteiger partial charge on any atom is 0.223 e. The van der Waals surface area contributed by atoms with Gasteiger partial charge in [0.2, 0.25) is 12.2 Å². The van der Waals surface area contributed by atoms with Gasteiger partial charge in [-0.15, -0.1) is 0 Å². The van der Waals surface area contributed by atoms with Gasteiger partial charge in [-0.25, -0.2) is 0 Å². The maximum absolute atomic E-state index is 12.6. The van der Waals surface area contributed by atoms with E-state index in [9.17, 15) is 14.7 Å². The van der Waals surface area contributed by atoms with Crippen LogP contribution in [0.2, 0.25) is 0 Å². The van der Waals surface area contributed by atoms with E-state index >= 15 is 0 Å². The third-order valence-corrected chi connectivity index (χ3v) is 6.43. The Labute approximate surface area is 220 Å². The van der Waals surface area contributed by atoms with Crippen LogP contribution in [0.1, 0.15) is 34.7 Å². The quantitative estimate of drug-likeness (QED) is 0.366. The van der Waals surface area contributed by atoms with Crippen LogP contribution in [0.25, 0.3) is 6.08 Å². The molecule has 0 saturated carbocycles. The number of allylic oxidation sites excluding steroid dienone is 1. The van der Waals surface area contributed by atoms with Crippen LogP contribution in [0, 0.1) is 0 Å². The molecule has 1 amide bonds. The lowest BCUT2D eigenvalue weighted by atomic mass is 9.95. The monoisotopic (exact) mass is 515 g/mol. The summed E-state index contributed by atoms with van der Waals surface area (Å²) in [7, 11) is 0. The van der Waals surface area contributed by atoms with Crippen molar-refractivity contribution in [1.29, 1.82) is 0 Å². The van der Waals surface area contributed by atoms with Crippen molar-refractivity contribution in [1.82, 2.24) is 5.32 Å². The normalized spacial score (nSPS) is 26.9. The number of benzene rings is 3. The minimum atomic E-state index is -1.11. The van der Waals surface area contributed by atoms with Crippen LogP contribution < -0.4 is 10.1 Å². The summed E-state index contributed by atoms with van der Waals surface area (Å²) in [5.41, 5.74) is 2.25. The summed E-state index contributed by atoms with van der Waals surface area (Å²) in [5.74, 6) is -0.0740. The predicted octanol–water partition coefficient (Wildman–Crippen LogP) is 3.67. The number of hydrogen-bond donors (Lipinski definition) is 2. The van der Waals surface area contributed by atoms with E-state index < -0.39 is 36.9 Å². The van der Waals surface area contributed by atoms with Crippen molar-refractivity contribution in [2.45, 2.75) is 43.9 Å². The molecule has 2 aliphatic heterocycles. The fourth-order valence-electron chi connectivity index (χ4n) is 4.52. The van der Waals surface area contributed by atoms with E-state index in [1.807, 2.05) is 60.7 Å². The fourth-order valence-corrected chi connectivity index (χ4v) is 4.52. The number of amides is 1. The number of carbonyl (C=O) groups excluding carboxylic acids is 2. The molecule has 0 unspecified atom stereocenters. The van der Waals surface area contributed by atoms with Gasteiger partial charge in [0.15, 0.2) is 12.1 Å². The average molecular weight is 516 g/mol. The fraction of sp³-hybridized carbons (Fsp3) is 0.267. The molecule has 3 aromatic rings. The van der Waals surface area contributed by atoms with E-state index in [0.29, 0.717) is 11.3 Å². The minimum absolute atomic E-state index is 0.145. The van der Waals surface area contributed by atoms with Gasteiger partial charge < -0.3 is 29.4 Å². The van der Waals surface area contributed by atoms with Crippen molar-refractivity contribution >= 4 is 17.8 Å². The van der Waals surface area contributed by atoms with Crippen LogP contribution in [0.5, 0.6) is 5.75 Å². The third-order valence-electron chi connectivity index (χ3n) is 6.43. The molecule has 0 aliphatic carbocycles. The van der Waals surface area contributed by atoms with E-state index in [4.69, 9.17) is 18.9 Å². The van der Waals surface area contributed by atoms with Crippen LogP contribution in [0.15, 0.2) is 91.0 Å². The topological polar surface area (TPSA) is 103 Å². The van der Waals surface area contributed by atoms with Crippen LogP contribution in [0.3, 0.4) is 0 Å². The molecule has 3 aromatic carbocycles. The summed E-state index contributed by atoms with van der Waals surface area (Å²) in [6.07, 6.45) is -0.838. The molecule has 2 N–H and O–H groups in total. The van der Waals surface area contributed by atoms with E-state index in [0.717, 1.165) is 11.1 Å². The maximum atomic E-state index is 12.6. The van der Waals surface area contributed by atoms with Gasteiger partial charge in [-0.3, -0.25) is 9.59 Å². The highest BCUT2D eigenvalue weighted by Crippen LogP contribution is 2.34. The van der Waals surface area contributed by atoms with Gasteiger partial charge >= 0.3 is 0 Å². The summed E-state index contributed by atoms with van der Waals surface area (Å²) >= 11 is 0. The lowest BCUT2D eigenvalue weighted by molar-refractivity contribution is -0.333. The van der Waals surface area contributed by atoms with Gasteiger partial charge in [0.05, 0.1) is 6.61 Å². The first kappa shape index (κ1) is 25.8. The Balaban J connectivity index is 1.27. The number of ether oxygens (including phenoxy) is 4. The van der Waals surface area contributed by atoms with Crippen molar-refractivity contribution in [2.75, 3.05) is 6.61 Å². The number of nitrogens with one attached hydrogen (secondary N) is 1. The first-order chi connectivity index (χ1) is 18.5. The van der Waals surface area contributed by atoms with Gasteiger partial charge in [-0.1, -0.05) is 66.7 Å². The van der Waals surface area contributed by atoms with Crippen molar-refractivity contribution < 1.29 is 33.6 Å². The average Bonchev–Trinajstić information content (AvgIpc) is 2.95. The van der Waals surface area contributed by atoms with Crippen molar-refractivity contribution in [2.24, 2.45) is 0 Å². The molecule has 8 nitrogen and oxygen atoms in total. The molecule has 38 heavy (non-hydrogen) atoms. The van der Waals surface area contributed by atoms with E-state index in [-0.39, 0.29) is 18.3 Å². The highest BCUT2D eigenvalue weighted by Gasteiger charge is 2.50. The summed E-state index contributed by atoms with van der Waals surface area (Å²) in [6, 6.07) is 24.7. The van der Waals surface area contributed by atoms with Crippen LogP contribution in [-0.2, 0) is 19.0 Å². The zero-order valence-electron chi connectivity index (χ0n) is 20.8. The van der Waals surface area contributed by atoms with Gasteiger partial charge in [0.1, 0.15) is 30.1 Å². The molecular formula is C30H29NO7. The van der Waals surface area contributed by atoms with E-state index in [1.165, 1.54) is 13.0 Å². The first-order valence-corrected chi connectivity index (χ1v) is 12.4. The number of hydrogen-bond acceptors (Lipinski definition) is 7. The highest BCUT2D eigenvalue weighted by atomic mass is 16.7. The zero-order chi connectivity index (χ0) is 26.5. The van der Waals surface area contributed by atoms with Gasteiger partial charge in [-0.2, -0.15) is 0 Å². The molecule has 0 spiro atoms. The second-order valence-corrected chi connectivity index (χ2v) is 9.19. The second kappa shape index (κ2) is 11.7. The third kappa shape index (κ3) is 6.00. The molecule has 5 rings (SSSR count).